The maximum Gasteiger partial charge on any atom is 0.288 e. The zero-order valence-corrected chi connectivity index (χ0v) is 13.2. The van der Waals surface area contributed by atoms with Crippen LogP contribution >= 0.6 is 11.3 Å². The molecule has 1 unspecified atom stereocenters. The fourth-order valence-electron chi connectivity index (χ4n) is 2.15. The summed E-state index contributed by atoms with van der Waals surface area (Å²) < 4.78 is 14.3. The molecule has 2 aromatic carbocycles. The molecule has 1 amide bonds. The lowest BCUT2D eigenvalue weighted by atomic mass is 10.0. The first-order valence-electron chi connectivity index (χ1n) is 7.10. The molecule has 116 valence electrons. The molecule has 0 fully saturated rings. The molecule has 4 nitrogen and oxygen atoms in total. The van der Waals surface area contributed by atoms with Crippen LogP contribution in [-0.2, 0) is 0 Å². The summed E-state index contributed by atoms with van der Waals surface area (Å²) in [6, 6.07) is 18.0. The Morgan fingerprint density at radius 3 is 2.30 bits per heavy atom. The first-order valence-corrected chi connectivity index (χ1v) is 7.92. The van der Waals surface area contributed by atoms with Crippen molar-refractivity contribution in [2.75, 3.05) is 5.12 Å². The van der Waals surface area contributed by atoms with Crippen molar-refractivity contribution in [3.05, 3.63) is 76.8 Å². The number of benzene rings is 2. The van der Waals surface area contributed by atoms with E-state index in [1.807, 2.05) is 37.3 Å². The quantitative estimate of drug-likeness (QED) is 0.674. The van der Waals surface area contributed by atoms with E-state index in [-0.39, 0.29) is 21.7 Å². The minimum atomic E-state index is -0.749. The monoisotopic (exact) mass is 327 g/mol. The molecule has 0 saturated carbocycles. The molecule has 0 saturated heterocycles. The molecule has 3 aromatic rings. The van der Waals surface area contributed by atoms with Gasteiger partial charge in [0.25, 0.3) is 5.91 Å². The predicted octanol–water partition coefficient (Wildman–Crippen LogP) is 4.22. The molecule has 3 rings (SSSR count). The Labute approximate surface area is 137 Å². The van der Waals surface area contributed by atoms with Gasteiger partial charge in [-0.3, -0.25) is 4.79 Å². The number of amides is 1. The summed E-state index contributed by atoms with van der Waals surface area (Å²) >= 11 is 1.07. The normalized spacial score (nSPS) is 11.9. The van der Waals surface area contributed by atoms with E-state index in [1.54, 1.807) is 30.3 Å². The Morgan fingerprint density at radius 1 is 1.04 bits per heavy atom. The number of carbonyl (C=O) groups is 1. The molecule has 23 heavy (non-hydrogen) atoms. The summed E-state index contributed by atoms with van der Waals surface area (Å²) in [5.74, 6) is -0.761. The minimum Gasteiger partial charge on any atom is -0.266 e. The lowest BCUT2D eigenvalue weighted by Crippen LogP contribution is -2.21. The van der Waals surface area contributed by atoms with Crippen molar-refractivity contribution < 1.29 is 9.28 Å². The summed E-state index contributed by atoms with van der Waals surface area (Å²) in [7, 11) is 0. The maximum atomic E-state index is 14.3. The van der Waals surface area contributed by atoms with Crippen LogP contribution < -0.4 is 5.12 Å². The fraction of sp³-hybridized carbons (Fsp3) is 0.118. The van der Waals surface area contributed by atoms with Crippen molar-refractivity contribution in [3.63, 3.8) is 0 Å². The average molecular weight is 327 g/mol. The fourth-order valence-corrected chi connectivity index (χ4v) is 2.97. The number of rotatable bonds is 4. The van der Waals surface area contributed by atoms with Crippen molar-refractivity contribution >= 4 is 22.4 Å². The Bertz CT molecular complexity index is 792. The van der Waals surface area contributed by atoms with Crippen molar-refractivity contribution in [2.24, 2.45) is 0 Å². The standard InChI is InChI=1S/C17H14FN3OS/c1-12(13-8-4-2-5-9-13)15-19-20-17(23-15)21(18)16(22)14-10-6-3-7-11-14/h2-12H,1H3. The van der Waals surface area contributed by atoms with E-state index in [0.717, 1.165) is 16.9 Å². The highest BCUT2D eigenvalue weighted by atomic mass is 32.1. The van der Waals surface area contributed by atoms with Gasteiger partial charge in [0.2, 0.25) is 5.13 Å². The summed E-state index contributed by atoms with van der Waals surface area (Å²) in [6.45, 7) is 1.97. The van der Waals surface area contributed by atoms with E-state index in [1.165, 1.54) is 0 Å². The van der Waals surface area contributed by atoms with Crippen molar-refractivity contribution in [2.45, 2.75) is 12.8 Å². The van der Waals surface area contributed by atoms with Crippen LogP contribution in [0.1, 0.15) is 33.8 Å². The number of nitrogens with zero attached hydrogens (tertiary/aromatic N) is 3. The number of hydrogen-bond donors (Lipinski definition) is 0. The predicted molar refractivity (Wildman–Crippen MR) is 88.2 cm³/mol. The van der Waals surface area contributed by atoms with Gasteiger partial charge >= 0.3 is 0 Å². The van der Waals surface area contributed by atoms with E-state index in [4.69, 9.17) is 0 Å². The molecular formula is C17H14FN3OS. The third-order valence-corrected chi connectivity index (χ3v) is 4.54. The van der Waals surface area contributed by atoms with Crippen LogP contribution in [0.2, 0.25) is 0 Å². The van der Waals surface area contributed by atoms with E-state index < -0.39 is 5.91 Å². The SMILES string of the molecule is CC(c1ccccc1)c1nnc(N(F)C(=O)c2ccccc2)s1. The summed E-state index contributed by atoms with van der Waals surface area (Å²) in [5, 5.41) is 8.49. The molecule has 0 N–H and O–H groups in total. The third kappa shape index (κ3) is 3.27. The number of hydrogen-bond acceptors (Lipinski definition) is 4. The number of aromatic nitrogens is 2. The molecule has 0 radical (unpaired) electrons. The van der Waals surface area contributed by atoms with E-state index in [0.29, 0.717) is 5.01 Å². The first-order chi connectivity index (χ1) is 11.2. The first kappa shape index (κ1) is 15.3. The van der Waals surface area contributed by atoms with E-state index in [2.05, 4.69) is 10.2 Å². The third-order valence-electron chi connectivity index (χ3n) is 3.47. The van der Waals surface area contributed by atoms with Crippen molar-refractivity contribution in [1.82, 2.24) is 10.2 Å². The molecule has 0 bridgehead atoms. The van der Waals surface area contributed by atoms with Gasteiger partial charge in [-0.15, -0.1) is 15.3 Å². The molecule has 0 aliphatic heterocycles. The van der Waals surface area contributed by atoms with E-state index >= 15 is 0 Å². The van der Waals surface area contributed by atoms with Crippen LogP contribution in [0.5, 0.6) is 0 Å². The average Bonchev–Trinajstić information content (AvgIpc) is 3.11. The number of halogens is 1. The summed E-state index contributed by atoms with van der Waals surface area (Å²) in [5.41, 5.74) is 1.33. The lowest BCUT2D eigenvalue weighted by molar-refractivity contribution is 0.0931. The van der Waals surface area contributed by atoms with Crippen molar-refractivity contribution in [3.8, 4) is 0 Å². The molecule has 6 heteroatoms. The van der Waals surface area contributed by atoms with Gasteiger partial charge in [0.05, 0.1) is 0 Å². The Morgan fingerprint density at radius 2 is 1.65 bits per heavy atom. The summed E-state index contributed by atoms with van der Waals surface area (Å²) in [6.07, 6.45) is 0. The van der Waals surface area contributed by atoms with Gasteiger partial charge in [0, 0.05) is 11.5 Å². The zero-order valence-electron chi connectivity index (χ0n) is 12.4. The second-order valence-corrected chi connectivity index (χ2v) is 5.99. The van der Waals surface area contributed by atoms with Gasteiger partial charge < -0.3 is 0 Å². The Hall–Kier alpha value is -2.60. The molecule has 1 aromatic heterocycles. The van der Waals surface area contributed by atoms with Gasteiger partial charge in [0.15, 0.2) is 0 Å². The van der Waals surface area contributed by atoms with Gasteiger partial charge in [0.1, 0.15) is 5.01 Å². The van der Waals surface area contributed by atoms with Crippen LogP contribution in [0.3, 0.4) is 0 Å². The van der Waals surface area contributed by atoms with Gasteiger partial charge in [-0.05, 0) is 17.7 Å². The maximum absolute atomic E-state index is 14.3. The molecule has 1 heterocycles. The highest BCUT2D eigenvalue weighted by Gasteiger charge is 2.23. The second-order valence-electron chi connectivity index (χ2n) is 5.01. The topological polar surface area (TPSA) is 46.1 Å². The molecule has 1 atom stereocenters. The lowest BCUT2D eigenvalue weighted by Gasteiger charge is -2.08. The molecule has 0 aliphatic rings. The second kappa shape index (κ2) is 6.66. The largest absolute Gasteiger partial charge is 0.288 e. The van der Waals surface area contributed by atoms with Crippen LogP contribution in [0.4, 0.5) is 9.61 Å². The minimum absolute atomic E-state index is 0.0114. The van der Waals surface area contributed by atoms with E-state index in [9.17, 15) is 9.28 Å². The highest BCUT2D eigenvalue weighted by Crippen LogP contribution is 2.31. The van der Waals surface area contributed by atoms with Gasteiger partial charge in [-0.1, -0.05) is 71.3 Å². The smallest absolute Gasteiger partial charge is 0.266 e. The molecule has 0 aliphatic carbocycles. The van der Waals surface area contributed by atoms with Gasteiger partial charge in [-0.25, -0.2) is 0 Å². The van der Waals surface area contributed by atoms with Crippen molar-refractivity contribution in [1.29, 1.82) is 0 Å². The molecular weight excluding hydrogens is 313 g/mol. The van der Waals surface area contributed by atoms with Crippen LogP contribution in [0.15, 0.2) is 60.7 Å². The van der Waals surface area contributed by atoms with Crippen LogP contribution in [-0.4, -0.2) is 16.1 Å². The Kier molecular flexibility index (Phi) is 4.43. The van der Waals surface area contributed by atoms with Crippen LogP contribution in [0, 0.1) is 0 Å². The Balaban J connectivity index is 1.80. The number of carbonyl (C=O) groups excluding carboxylic acids is 1. The number of anilines is 1. The van der Waals surface area contributed by atoms with Crippen LogP contribution in [0.25, 0.3) is 0 Å². The zero-order chi connectivity index (χ0) is 16.2. The highest BCUT2D eigenvalue weighted by molar-refractivity contribution is 7.15. The molecule has 0 spiro atoms. The summed E-state index contributed by atoms with van der Waals surface area (Å²) in [4.78, 5) is 12.1. The van der Waals surface area contributed by atoms with Gasteiger partial charge in [-0.2, -0.15) is 0 Å².